The predicted octanol–water partition coefficient (Wildman–Crippen LogP) is 1.74. The van der Waals surface area contributed by atoms with Crippen molar-refractivity contribution in [3.8, 4) is 0 Å². The average molecular weight is 268 g/mol. The molecule has 106 valence electrons. The molecule has 0 saturated heterocycles. The van der Waals surface area contributed by atoms with Crippen LogP contribution in [0.15, 0.2) is 0 Å². The smallest absolute Gasteiger partial charge is 0.394 e. The molecule has 0 amide bonds. The Labute approximate surface area is 111 Å². The lowest BCUT2D eigenvalue weighted by Crippen LogP contribution is -2.44. The molecular weight excluding hydrogens is 248 g/mol. The Balaban J connectivity index is 2.33. The van der Waals surface area contributed by atoms with Crippen molar-refractivity contribution < 1.29 is 10.0 Å². The van der Waals surface area contributed by atoms with Crippen molar-refractivity contribution in [2.45, 2.75) is 44.6 Å². The van der Waals surface area contributed by atoms with Crippen LogP contribution in [0.1, 0.15) is 37.9 Å². The molecule has 0 unspecified atom stereocenters. The van der Waals surface area contributed by atoms with E-state index in [4.69, 9.17) is 0 Å². The van der Waals surface area contributed by atoms with Gasteiger partial charge >= 0.3 is 5.82 Å². The van der Waals surface area contributed by atoms with Gasteiger partial charge in [-0.1, -0.05) is 19.3 Å². The fourth-order valence-corrected chi connectivity index (χ4v) is 2.66. The number of rotatable bonds is 4. The number of imidazole rings is 1. The molecule has 1 aliphatic carbocycles. The van der Waals surface area contributed by atoms with Crippen molar-refractivity contribution in [1.82, 2.24) is 9.55 Å². The summed E-state index contributed by atoms with van der Waals surface area (Å²) in [7, 11) is 1.74. The van der Waals surface area contributed by atoms with E-state index in [9.17, 15) is 15.2 Å². The zero-order chi connectivity index (χ0) is 14.0. The standard InChI is InChI=1S/C12H20N4O3/c1-9-13-10(16(18)19)11(15(9)2)14-12(8-17)6-4-3-5-7-12/h14,17H,3-8H2,1-2H3. The van der Waals surface area contributed by atoms with Crippen LogP contribution in [0, 0.1) is 17.0 Å². The minimum absolute atomic E-state index is 0.0195. The second kappa shape index (κ2) is 5.16. The number of hydrogen-bond acceptors (Lipinski definition) is 5. The minimum atomic E-state index is -0.483. The van der Waals surface area contributed by atoms with Crippen molar-refractivity contribution in [1.29, 1.82) is 0 Å². The van der Waals surface area contributed by atoms with Gasteiger partial charge in [0, 0.05) is 14.0 Å². The molecule has 1 aliphatic rings. The highest BCUT2D eigenvalue weighted by Gasteiger charge is 2.35. The highest BCUT2D eigenvalue weighted by Crippen LogP contribution is 2.34. The lowest BCUT2D eigenvalue weighted by atomic mass is 9.82. The van der Waals surface area contributed by atoms with E-state index < -0.39 is 10.5 Å². The molecular formula is C12H20N4O3. The maximum Gasteiger partial charge on any atom is 0.406 e. The first kappa shape index (κ1) is 13.8. The van der Waals surface area contributed by atoms with E-state index in [0.717, 1.165) is 32.1 Å². The van der Waals surface area contributed by atoms with Crippen LogP contribution >= 0.6 is 0 Å². The highest BCUT2D eigenvalue weighted by atomic mass is 16.6. The molecule has 7 nitrogen and oxygen atoms in total. The van der Waals surface area contributed by atoms with Gasteiger partial charge in [0.25, 0.3) is 0 Å². The first-order valence-corrected chi connectivity index (χ1v) is 6.56. The zero-order valence-corrected chi connectivity index (χ0v) is 11.3. The van der Waals surface area contributed by atoms with Gasteiger partial charge in [0.1, 0.15) is 0 Å². The fraction of sp³-hybridized carbons (Fsp3) is 0.750. The zero-order valence-electron chi connectivity index (χ0n) is 11.3. The molecule has 1 aromatic heterocycles. The summed E-state index contributed by atoms with van der Waals surface area (Å²) in [5.41, 5.74) is -0.455. The number of aryl methyl sites for hydroxylation is 1. The van der Waals surface area contributed by atoms with E-state index in [1.807, 2.05) is 0 Å². The largest absolute Gasteiger partial charge is 0.406 e. The van der Waals surface area contributed by atoms with E-state index in [-0.39, 0.29) is 12.4 Å². The van der Waals surface area contributed by atoms with Gasteiger partial charge in [-0.3, -0.25) is 4.57 Å². The summed E-state index contributed by atoms with van der Waals surface area (Å²) < 4.78 is 1.67. The van der Waals surface area contributed by atoms with Crippen LogP contribution in [0.4, 0.5) is 11.6 Å². The normalized spacial score (nSPS) is 18.3. The summed E-state index contributed by atoms with van der Waals surface area (Å²) in [6, 6.07) is 0. The number of aliphatic hydroxyl groups excluding tert-OH is 1. The Hall–Kier alpha value is -1.63. The number of nitrogens with zero attached hydrogens (tertiary/aromatic N) is 3. The molecule has 19 heavy (non-hydrogen) atoms. The molecule has 0 aliphatic heterocycles. The molecule has 1 fully saturated rings. The first-order valence-electron chi connectivity index (χ1n) is 6.56. The molecule has 1 saturated carbocycles. The Morgan fingerprint density at radius 2 is 2.11 bits per heavy atom. The second-order valence-corrected chi connectivity index (χ2v) is 5.27. The molecule has 0 radical (unpaired) electrons. The van der Waals surface area contributed by atoms with Crippen molar-refractivity contribution in [3.05, 3.63) is 15.9 Å². The van der Waals surface area contributed by atoms with E-state index in [1.165, 1.54) is 0 Å². The van der Waals surface area contributed by atoms with Gasteiger partial charge < -0.3 is 20.5 Å². The highest BCUT2D eigenvalue weighted by molar-refractivity contribution is 5.55. The van der Waals surface area contributed by atoms with Gasteiger partial charge in [0.2, 0.25) is 11.6 Å². The first-order chi connectivity index (χ1) is 8.99. The van der Waals surface area contributed by atoms with Crippen LogP contribution in [0.2, 0.25) is 0 Å². The molecule has 0 spiro atoms. The van der Waals surface area contributed by atoms with Crippen molar-refractivity contribution in [3.63, 3.8) is 0 Å². The summed E-state index contributed by atoms with van der Waals surface area (Å²) in [5, 5.41) is 23.9. The molecule has 1 aromatic rings. The van der Waals surface area contributed by atoms with Crippen molar-refractivity contribution in [2.24, 2.45) is 7.05 Å². The Kier molecular flexibility index (Phi) is 3.75. The SMILES string of the molecule is Cc1nc([N+](=O)[O-])c(NC2(CO)CCCCC2)n1C. The number of aliphatic hydroxyl groups is 1. The van der Waals surface area contributed by atoms with Crippen LogP contribution in [-0.2, 0) is 7.05 Å². The van der Waals surface area contributed by atoms with Crippen LogP contribution in [-0.4, -0.2) is 31.7 Å². The van der Waals surface area contributed by atoms with Gasteiger partial charge in [0.05, 0.1) is 12.1 Å². The van der Waals surface area contributed by atoms with E-state index in [2.05, 4.69) is 10.3 Å². The van der Waals surface area contributed by atoms with Gasteiger partial charge in [-0.25, -0.2) is 0 Å². The quantitative estimate of drug-likeness (QED) is 0.641. The molecule has 0 aromatic carbocycles. The van der Waals surface area contributed by atoms with Gasteiger partial charge in [-0.2, -0.15) is 0 Å². The van der Waals surface area contributed by atoms with Crippen molar-refractivity contribution >= 4 is 11.6 Å². The van der Waals surface area contributed by atoms with Crippen LogP contribution in [0.25, 0.3) is 0 Å². The van der Waals surface area contributed by atoms with Gasteiger partial charge in [0.15, 0.2) is 0 Å². The van der Waals surface area contributed by atoms with Crippen LogP contribution in [0.3, 0.4) is 0 Å². The molecule has 0 atom stereocenters. The van der Waals surface area contributed by atoms with Gasteiger partial charge in [-0.15, -0.1) is 0 Å². The Morgan fingerprint density at radius 3 is 2.63 bits per heavy atom. The number of aromatic nitrogens is 2. The molecule has 1 heterocycles. The summed E-state index contributed by atoms with van der Waals surface area (Å²) in [5.74, 6) is 0.801. The summed E-state index contributed by atoms with van der Waals surface area (Å²) in [6.45, 7) is 1.71. The third-order valence-corrected chi connectivity index (χ3v) is 3.97. The molecule has 2 N–H and O–H groups in total. The lowest BCUT2D eigenvalue weighted by Gasteiger charge is -2.36. The second-order valence-electron chi connectivity index (χ2n) is 5.27. The van der Waals surface area contributed by atoms with E-state index >= 15 is 0 Å². The number of anilines is 1. The summed E-state index contributed by atoms with van der Waals surface area (Å²) in [6.07, 6.45) is 4.85. The van der Waals surface area contributed by atoms with E-state index in [1.54, 1.807) is 18.5 Å². The van der Waals surface area contributed by atoms with E-state index in [0.29, 0.717) is 11.6 Å². The third kappa shape index (κ3) is 2.56. The summed E-state index contributed by atoms with van der Waals surface area (Å²) in [4.78, 5) is 14.5. The Morgan fingerprint density at radius 1 is 1.47 bits per heavy atom. The van der Waals surface area contributed by atoms with Crippen molar-refractivity contribution in [2.75, 3.05) is 11.9 Å². The minimum Gasteiger partial charge on any atom is -0.394 e. The van der Waals surface area contributed by atoms with Gasteiger partial charge in [-0.05, 0) is 22.7 Å². The van der Waals surface area contributed by atoms with Crippen LogP contribution < -0.4 is 5.32 Å². The Bertz CT molecular complexity index is 478. The average Bonchev–Trinajstić information content (AvgIpc) is 2.68. The third-order valence-electron chi connectivity index (χ3n) is 3.97. The topological polar surface area (TPSA) is 93.2 Å². The maximum absolute atomic E-state index is 11.0. The lowest BCUT2D eigenvalue weighted by molar-refractivity contribution is -0.388. The summed E-state index contributed by atoms with van der Waals surface area (Å²) >= 11 is 0. The fourth-order valence-electron chi connectivity index (χ4n) is 2.66. The number of nitrogens with one attached hydrogen (secondary N) is 1. The number of nitro groups is 1. The maximum atomic E-state index is 11.0. The molecule has 2 rings (SSSR count). The number of hydrogen-bond donors (Lipinski definition) is 2. The molecule has 0 bridgehead atoms. The predicted molar refractivity (Wildman–Crippen MR) is 71.1 cm³/mol. The monoisotopic (exact) mass is 268 g/mol. The van der Waals surface area contributed by atoms with Crippen LogP contribution in [0.5, 0.6) is 0 Å². The molecule has 7 heteroatoms.